The fourth-order valence-corrected chi connectivity index (χ4v) is 3.38. The second kappa shape index (κ2) is 14.5. The molecule has 0 saturated carbocycles. The third-order valence-corrected chi connectivity index (χ3v) is 5.59. The Balaban J connectivity index is 0.00000512. The van der Waals surface area contributed by atoms with E-state index in [0.29, 0.717) is 5.96 Å². The van der Waals surface area contributed by atoms with E-state index >= 15 is 0 Å². The van der Waals surface area contributed by atoms with Gasteiger partial charge in [0.1, 0.15) is 6.54 Å². The van der Waals surface area contributed by atoms with Crippen molar-refractivity contribution in [1.82, 2.24) is 20.4 Å². The van der Waals surface area contributed by atoms with Crippen LogP contribution < -0.4 is 15.5 Å². The molecule has 0 aromatic heterocycles. The zero-order valence-corrected chi connectivity index (χ0v) is 22.6. The highest BCUT2D eigenvalue weighted by Gasteiger charge is 2.28. The minimum absolute atomic E-state index is 0. The third-order valence-electron chi connectivity index (χ3n) is 5.59. The highest BCUT2D eigenvalue weighted by molar-refractivity contribution is 14.0. The van der Waals surface area contributed by atoms with Crippen LogP contribution in [0.5, 0.6) is 0 Å². The minimum Gasteiger partial charge on any atom is -0.379 e. The van der Waals surface area contributed by atoms with Crippen molar-refractivity contribution in [2.75, 3.05) is 78.5 Å². The molecular weight excluding hydrogens is 519 g/mol. The van der Waals surface area contributed by atoms with E-state index in [4.69, 9.17) is 4.74 Å². The molecule has 182 valence electrons. The molecule has 1 aromatic carbocycles. The largest absolute Gasteiger partial charge is 0.379 e. The van der Waals surface area contributed by atoms with Gasteiger partial charge in [0.25, 0.3) is 0 Å². The topological polar surface area (TPSA) is 72.4 Å². The number of morpholine rings is 1. The van der Waals surface area contributed by atoms with Crippen molar-refractivity contribution in [3.8, 4) is 0 Å². The molecule has 2 N–H and O–H groups in total. The first-order valence-corrected chi connectivity index (χ1v) is 11.1. The maximum atomic E-state index is 12.0. The zero-order chi connectivity index (χ0) is 22.7. The number of likely N-dealkylation sites (N-methyl/N-ethyl adjacent to an activating group) is 1. The van der Waals surface area contributed by atoms with Gasteiger partial charge in [0, 0.05) is 65.1 Å². The number of ether oxygens (including phenoxy) is 1. The number of para-hydroxylation sites is 1. The first-order chi connectivity index (χ1) is 14.8. The molecule has 8 nitrogen and oxygen atoms in total. The number of anilines is 1. The van der Waals surface area contributed by atoms with Gasteiger partial charge in [-0.05, 0) is 32.4 Å². The summed E-state index contributed by atoms with van der Waals surface area (Å²) in [5.74, 6) is 0.663. The van der Waals surface area contributed by atoms with Crippen LogP contribution in [0.25, 0.3) is 0 Å². The molecule has 32 heavy (non-hydrogen) atoms. The molecule has 1 fully saturated rings. The second-order valence-electron chi connectivity index (χ2n) is 8.76. The van der Waals surface area contributed by atoms with Crippen molar-refractivity contribution in [1.29, 1.82) is 0 Å². The number of rotatable bonds is 10. The van der Waals surface area contributed by atoms with Crippen LogP contribution >= 0.6 is 24.0 Å². The van der Waals surface area contributed by atoms with Crippen LogP contribution in [0.3, 0.4) is 0 Å². The van der Waals surface area contributed by atoms with Gasteiger partial charge in [-0.15, -0.1) is 24.0 Å². The number of guanidine groups is 1. The van der Waals surface area contributed by atoms with E-state index < -0.39 is 0 Å². The summed E-state index contributed by atoms with van der Waals surface area (Å²) in [6.45, 7) is 10.4. The summed E-state index contributed by atoms with van der Waals surface area (Å²) >= 11 is 0. The lowest BCUT2D eigenvalue weighted by molar-refractivity contribution is -0.127. The fourth-order valence-electron chi connectivity index (χ4n) is 3.38. The number of hydrogen-bond acceptors (Lipinski definition) is 5. The van der Waals surface area contributed by atoms with Gasteiger partial charge in [-0.1, -0.05) is 18.2 Å². The van der Waals surface area contributed by atoms with Gasteiger partial charge in [0.15, 0.2) is 5.96 Å². The number of hydrogen-bond donors (Lipinski definition) is 2. The third kappa shape index (κ3) is 9.91. The van der Waals surface area contributed by atoms with Crippen LogP contribution in [0.4, 0.5) is 5.69 Å². The van der Waals surface area contributed by atoms with E-state index in [0.717, 1.165) is 52.4 Å². The highest BCUT2D eigenvalue weighted by atomic mass is 127. The summed E-state index contributed by atoms with van der Waals surface area (Å²) in [6.07, 6.45) is 0.959. The number of benzene rings is 1. The van der Waals surface area contributed by atoms with Crippen molar-refractivity contribution in [2.24, 2.45) is 4.99 Å². The highest BCUT2D eigenvalue weighted by Crippen LogP contribution is 2.15. The first kappa shape index (κ1) is 28.4. The van der Waals surface area contributed by atoms with Crippen LogP contribution in [0.2, 0.25) is 0 Å². The van der Waals surface area contributed by atoms with Gasteiger partial charge >= 0.3 is 0 Å². The van der Waals surface area contributed by atoms with E-state index in [-0.39, 0.29) is 42.0 Å². The SMILES string of the molecule is CN(C)C(=O)CN=C(NCCCN(C)c1ccccc1)NCC(C)(C)N1CCOCC1.I. The first-order valence-electron chi connectivity index (χ1n) is 11.1. The molecule has 0 atom stereocenters. The molecule has 1 saturated heterocycles. The van der Waals surface area contributed by atoms with Crippen LogP contribution in [0, 0.1) is 0 Å². The summed E-state index contributed by atoms with van der Waals surface area (Å²) in [5.41, 5.74) is 1.17. The quantitative estimate of drug-likeness (QED) is 0.197. The number of nitrogens with zero attached hydrogens (tertiary/aromatic N) is 4. The summed E-state index contributed by atoms with van der Waals surface area (Å²) in [7, 11) is 5.60. The Labute approximate surface area is 210 Å². The predicted octanol–water partition coefficient (Wildman–Crippen LogP) is 1.87. The van der Waals surface area contributed by atoms with Crippen LogP contribution in [0.15, 0.2) is 35.3 Å². The van der Waals surface area contributed by atoms with Crippen LogP contribution in [0.1, 0.15) is 20.3 Å². The predicted molar refractivity (Wildman–Crippen MR) is 143 cm³/mol. The molecule has 0 aliphatic carbocycles. The molecule has 0 radical (unpaired) electrons. The lowest BCUT2D eigenvalue weighted by atomic mass is 10.0. The molecule has 2 rings (SSSR count). The molecule has 1 aliphatic rings. The molecular formula is C23H41IN6O2. The second-order valence-corrected chi connectivity index (χ2v) is 8.76. The van der Waals surface area contributed by atoms with Crippen molar-refractivity contribution in [3.05, 3.63) is 30.3 Å². The van der Waals surface area contributed by atoms with Crippen molar-refractivity contribution in [3.63, 3.8) is 0 Å². The normalized spacial score (nSPS) is 15.0. The van der Waals surface area contributed by atoms with Gasteiger partial charge in [-0.2, -0.15) is 0 Å². The summed E-state index contributed by atoms with van der Waals surface area (Å²) in [6, 6.07) is 10.4. The molecule has 1 aliphatic heterocycles. The van der Waals surface area contributed by atoms with E-state index in [2.05, 4.69) is 70.6 Å². The molecule has 1 aromatic rings. The maximum absolute atomic E-state index is 12.0. The Hall–Kier alpha value is -1.59. The van der Waals surface area contributed by atoms with Crippen molar-refractivity contribution in [2.45, 2.75) is 25.8 Å². The molecule has 1 heterocycles. The lowest BCUT2D eigenvalue weighted by Gasteiger charge is -2.41. The number of nitrogens with one attached hydrogen (secondary N) is 2. The standard InChI is InChI=1S/C23H40N6O2.HI/c1-23(2,29-14-16-31-17-15-29)19-26-22(25-18-21(30)27(3)4)24-12-9-13-28(5)20-10-7-6-8-11-20;/h6-8,10-11H,9,12-19H2,1-5H3,(H2,24,25,26);1H. The zero-order valence-electron chi connectivity index (χ0n) is 20.3. The monoisotopic (exact) mass is 560 g/mol. The van der Waals surface area contributed by atoms with Gasteiger partial charge in [0.2, 0.25) is 5.91 Å². The average molecular weight is 561 g/mol. The molecule has 0 unspecified atom stereocenters. The minimum atomic E-state index is -0.0364. The van der Waals surface area contributed by atoms with E-state index in [9.17, 15) is 4.79 Å². The Bertz CT molecular complexity index is 693. The number of carbonyl (C=O) groups is 1. The number of amides is 1. The van der Waals surface area contributed by atoms with Gasteiger partial charge in [-0.3, -0.25) is 9.69 Å². The van der Waals surface area contributed by atoms with E-state index in [1.165, 1.54) is 5.69 Å². The van der Waals surface area contributed by atoms with Crippen molar-refractivity contribution >= 4 is 41.5 Å². The lowest BCUT2D eigenvalue weighted by Crippen LogP contribution is -2.56. The smallest absolute Gasteiger partial charge is 0.243 e. The number of carbonyl (C=O) groups excluding carboxylic acids is 1. The summed E-state index contributed by atoms with van der Waals surface area (Å²) < 4.78 is 5.48. The molecule has 9 heteroatoms. The van der Waals surface area contributed by atoms with Crippen LogP contribution in [-0.4, -0.2) is 101 Å². The Morgan fingerprint density at radius 1 is 1.12 bits per heavy atom. The summed E-state index contributed by atoms with van der Waals surface area (Å²) in [5, 5.41) is 6.84. The Morgan fingerprint density at radius 2 is 1.78 bits per heavy atom. The molecule has 0 bridgehead atoms. The average Bonchev–Trinajstić information content (AvgIpc) is 2.78. The molecule has 1 amide bonds. The van der Waals surface area contributed by atoms with Gasteiger partial charge < -0.3 is 25.2 Å². The van der Waals surface area contributed by atoms with Gasteiger partial charge in [-0.25, -0.2) is 4.99 Å². The Kier molecular flexibility index (Phi) is 12.9. The maximum Gasteiger partial charge on any atom is 0.243 e. The van der Waals surface area contributed by atoms with Gasteiger partial charge in [0.05, 0.1) is 13.2 Å². The number of aliphatic imine (C=N–C) groups is 1. The van der Waals surface area contributed by atoms with E-state index in [1.54, 1.807) is 19.0 Å². The summed E-state index contributed by atoms with van der Waals surface area (Å²) in [4.78, 5) is 22.8. The number of halogens is 1. The Morgan fingerprint density at radius 3 is 2.41 bits per heavy atom. The molecule has 0 spiro atoms. The van der Waals surface area contributed by atoms with Crippen molar-refractivity contribution < 1.29 is 9.53 Å². The van der Waals surface area contributed by atoms with E-state index in [1.807, 2.05) is 6.07 Å². The van der Waals surface area contributed by atoms with Crippen LogP contribution in [-0.2, 0) is 9.53 Å². The fraction of sp³-hybridized carbons (Fsp3) is 0.652.